The topological polar surface area (TPSA) is 60.4 Å². The number of rotatable bonds is 2. The summed E-state index contributed by atoms with van der Waals surface area (Å²) in [4.78, 5) is 5.16. The van der Waals surface area contributed by atoms with Crippen molar-refractivity contribution in [3.8, 4) is 0 Å². The van der Waals surface area contributed by atoms with Gasteiger partial charge in [0.1, 0.15) is 23.5 Å². The molecule has 3 aromatic heterocycles. The summed E-state index contributed by atoms with van der Waals surface area (Å²) in [7, 11) is 0. The summed E-state index contributed by atoms with van der Waals surface area (Å²) in [6.45, 7) is 0. The van der Waals surface area contributed by atoms with Gasteiger partial charge >= 0.3 is 0 Å². The molecule has 3 aromatic rings. The van der Waals surface area contributed by atoms with Gasteiger partial charge in [-0.2, -0.15) is 5.10 Å². The molecule has 16 heavy (non-hydrogen) atoms. The smallest absolute Gasteiger partial charge is 0.195 e. The molecule has 0 aliphatic rings. The van der Waals surface area contributed by atoms with Gasteiger partial charge in [-0.25, -0.2) is 9.66 Å². The Kier molecular flexibility index (Phi) is 2.19. The SMILES string of the molecule is Clc1c(/C=N/n2cnnc2)nc2sccn12. The Labute approximate surface area is 98.8 Å². The van der Waals surface area contributed by atoms with Crippen molar-refractivity contribution in [1.29, 1.82) is 0 Å². The van der Waals surface area contributed by atoms with E-state index in [0.29, 0.717) is 10.8 Å². The number of thiazole rings is 1. The van der Waals surface area contributed by atoms with E-state index in [1.807, 2.05) is 11.6 Å². The number of nitrogens with zero attached hydrogens (tertiary/aromatic N) is 6. The Bertz CT molecular complexity index is 637. The molecular formula is C8H5ClN6S. The molecule has 0 atom stereocenters. The van der Waals surface area contributed by atoms with Crippen LogP contribution in [-0.2, 0) is 0 Å². The van der Waals surface area contributed by atoms with Gasteiger partial charge < -0.3 is 0 Å². The quantitative estimate of drug-likeness (QED) is 0.650. The van der Waals surface area contributed by atoms with Crippen LogP contribution in [0.4, 0.5) is 0 Å². The molecule has 80 valence electrons. The van der Waals surface area contributed by atoms with Crippen molar-refractivity contribution in [2.75, 3.05) is 0 Å². The predicted molar refractivity (Wildman–Crippen MR) is 61.1 cm³/mol. The minimum atomic E-state index is 0.549. The third-order valence-electron chi connectivity index (χ3n) is 1.95. The standard InChI is InChI=1S/C8H5ClN6S/c9-7-6(3-12-14-4-10-11-5-14)13-8-15(7)1-2-16-8/h1-5H/b12-3+. The molecule has 0 aliphatic carbocycles. The van der Waals surface area contributed by atoms with Crippen molar-refractivity contribution in [2.24, 2.45) is 5.10 Å². The summed E-state index contributed by atoms with van der Waals surface area (Å²) in [5.41, 5.74) is 0.627. The molecule has 0 unspecified atom stereocenters. The van der Waals surface area contributed by atoms with Crippen molar-refractivity contribution in [2.45, 2.75) is 0 Å². The molecule has 3 heterocycles. The highest BCUT2D eigenvalue weighted by molar-refractivity contribution is 7.15. The Hall–Kier alpha value is -1.73. The zero-order chi connectivity index (χ0) is 11.0. The van der Waals surface area contributed by atoms with Gasteiger partial charge in [-0.15, -0.1) is 21.5 Å². The molecule has 6 nitrogen and oxygen atoms in total. The van der Waals surface area contributed by atoms with E-state index in [4.69, 9.17) is 11.6 Å². The highest BCUT2D eigenvalue weighted by atomic mass is 35.5. The average Bonchev–Trinajstić information content (AvgIpc) is 2.96. The molecule has 0 fully saturated rings. The maximum absolute atomic E-state index is 6.11. The zero-order valence-corrected chi connectivity index (χ0v) is 9.43. The van der Waals surface area contributed by atoms with Gasteiger partial charge in [0.25, 0.3) is 0 Å². The Morgan fingerprint density at radius 2 is 2.19 bits per heavy atom. The maximum Gasteiger partial charge on any atom is 0.195 e. The minimum absolute atomic E-state index is 0.549. The lowest BCUT2D eigenvalue weighted by Crippen LogP contribution is -1.88. The fraction of sp³-hybridized carbons (Fsp3) is 0. The van der Waals surface area contributed by atoms with Crippen LogP contribution in [0.2, 0.25) is 5.15 Å². The van der Waals surface area contributed by atoms with Crippen molar-refractivity contribution < 1.29 is 0 Å². The van der Waals surface area contributed by atoms with E-state index in [-0.39, 0.29) is 0 Å². The van der Waals surface area contributed by atoms with Gasteiger partial charge in [0.05, 0.1) is 6.21 Å². The zero-order valence-electron chi connectivity index (χ0n) is 7.86. The summed E-state index contributed by atoms with van der Waals surface area (Å²) in [6.07, 6.45) is 6.42. The van der Waals surface area contributed by atoms with Gasteiger partial charge in [-0.05, 0) is 0 Å². The van der Waals surface area contributed by atoms with Crippen LogP contribution in [0.15, 0.2) is 29.3 Å². The van der Waals surface area contributed by atoms with E-state index in [0.717, 1.165) is 4.96 Å². The minimum Gasteiger partial charge on any atom is -0.280 e. The number of aromatic nitrogens is 5. The van der Waals surface area contributed by atoms with Crippen LogP contribution >= 0.6 is 22.9 Å². The highest BCUT2D eigenvalue weighted by Gasteiger charge is 2.08. The summed E-state index contributed by atoms with van der Waals surface area (Å²) in [5, 5.41) is 13.8. The van der Waals surface area contributed by atoms with Crippen molar-refractivity contribution in [1.82, 2.24) is 24.3 Å². The van der Waals surface area contributed by atoms with Crippen LogP contribution in [0.25, 0.3) is 4.96 Å². The molecule has 0 radical (unpaired) electrons. The summed E-state index contributed by atoms with van der Waals surface area (Å²) >= 11 is 7.63. The lowest BCUT2D eigenvalue weighted by atomic mass is 10.5. The second-order valence-corrected chi connectivity index (χ2v) is 4.16. The van der Waals surface area contributed by atoms with Crippen LogP contribution in [-0.4, -0.2) is 30.5 Å². The van der Waals surface area contributed by atoms with E-state index in [2.05, 4.69) is 20.3 Å². The lowest BCUT2D eigenvalue weighted by Gasteiger charge is -1.88. The molecular weight excluding hydrogens is 248 g/mol. The Morgan fingerprint density at radius 1 is 1.38 bits per heavy atom. The van der Waals surface area contributed by atoms with E-state index in [1.54, 1.807) is 10.6 Å². The third kappa shape index (κ3) is 1.50. The van der Waals surface area contributed by atoms with E-state index in [9.17, 15) is 0 Å². The molecule has 0 N–H and O–H groups in total. The molecule has 0 bridgehead atoms. The van der Waals surface area contributed by atoms with Crippen LogP contribution in [0.5, 0.6) is 0 Å². The van der Waals surface area contributed by atoms with Gasteiger partial charge in [0.15, 0.2) is 4.96 Å². The third-order valence-corrected chi connectivity index (χ3v) is 3.08. The number of halogens is 1. The van der Waals surface area contributed by atoms with Crippen LogP contribution in [0.3, 0.4) is 0 Å². The van der Waals surface area contributed by atoms with Crippen LogP contribution < -0.4 is 0 Å². The normalized spacial score (nSPS) is 11.8. The molecule has 0 saturated heterocycles. The van der Waals surface area contributed by atoms with Gasteiger partial charge in [-0.3, -0.25) is 4.40 Å². The largest absolute Gasteiger partial charge is 0.280 e. The first-order chi connectivity index (χ1) is 7.84. The summed E-state index contributed by atoms with van der Waals surface area (Å²) < 4.78 is 3.28. The Morgan fingerprint density at radius 3 is 2.94 bits per heavy atom. The average molecular weight is 253 g/mol. The second-order valence-electron chi connectivity index (χ2n) is 2.93. The first-order valence-corrected chi connectivity index (χ1v) is 5.60. The number of fused-ring (bicyclic) bond motifs is 1. The predicted octanol–water partition coefficient (Wildman–Crippen LogP) is 1.52. The first kappa shape index (κ1) is 9.49. The molecule has 0 spiro atoms. The number of imidazole rings is 1. The van der Waals surface area contributed by atoms with Gasteiger partial charge in [0.2, 0.25) is 0 Å². The summed E-state index contributed by atoms with van der Waals surface area (Å²) in [6, 6.07) is 0. The molecule has 0 aliphatic heterocycles. The van der Waals surface area contributed by atoms with Crippen LogP contribution in [0, 0.1) is 0 Å². The van der Waals surface area contributed by atoms with Gasteiger partial charge in [-0.1, -0.05) is 11.6 Å². The summed E-state index contributed by atoms with van der Waals surface area (Å²) in [5.74, 6) is 0. The first-order valence-electron chi connectivity index (χ1n) is 4.34. The monoisotopic (exact) mass is 252 g/mol. The van der Waals surface area contributed by atoms with Crippen molar-refractivity contribution in [3.05, 3.63) is 35.1 Å². The lowest BCUT2D eigenvalue weighted by molar-refractivity contribution is 0.877. The molecule has 0 saturated carbocycles. The molecule has 8 heteroatoms. The number of hydrogen-bond acceptors (Lipinski definition) is 5. The molecule has 0 aromatic carbocycles. The Balaban J connectivity index is 2.00. The second kappa shape index (κ2) is 3.69. The fourth-order valence-corrected chi connectivity index (χ4v) is 2.23. The van der Waals surface area contributed by atoms with Gasteiger partial charge in [0, 0.05) is 11.6 Å². The van der Waals surface area contributed by atoms with Crippen molar-refractivity contribution >= 4 is 34.1 Å². The molecule has 3 rings (SSSR count). The fourth-order valence-electron chi connectivity index (χ4n) is 1.23. The van der Waals surface area contributed by atoms with Crippen molar-refractivity contribution in [3.63, 3.8) is 0 Å². The van der Waals surface area contributed by atoms with E-state index in [1.165, 1.54) is 28.7 Å². The molecule has 0 amide bonds. The van der Waals surface area contributed by atoms with Crippen LogP contribution in [0.1, 0.15) is 5.69 Å². The van der Waals surface area contributed by atoms with E-state index < -0.39 is 0 Å². The highest BCUT2D eigenvalue weighted by Crippen LogP contribution is 2.20. The maximum atomic E-state index is 6.11. The van der Waals surface area contributed by atoms with E-state index >= 15 is 0 Å². The number of hydrogen-bond donors (Lipinski definition) is 0.